The summed E-state index contributed by atoms with van der Waals surface area (Å²) < 4.78 is 10.4. The number of hydrogen-bond acceptors (Lipinski definition) is 6. The number of hydrogen-bond donors (Lipinski definition) is 3. The summed E-state index contributed by atoms with van der Waals surface area (Å²) in [6.45, 7) is 6.21. The average molecular weight is 456 g/mol. The lowest BCUT2D eigenvalue weighted by Crippen LogP contribution is -2.47. The maximum Gasteiger partial charge on any atom is 0.408 e. The van der Waals surface area contributed by atoms with Crippen LogP contribution in [-0.4, -0.2) is 54.4 Å². The quantitative estimate of drug-likeness (QED) is 0.617. The fourth-order valence-electron chi connectivity index (χ4n) is 3.27. The molecular formula is C24H29N3O6. The molecule has 1 aliphatic heterocycles. The number of phenolic OH excluding ortho intramolecular Hbond substituents is 1. The molecular weight excluding hydrogens is 426 g/mol. The Morgan fingerprint density at radius 3 is 2.39 bits per heavy atom. The second-order valence-corrected chi connectivity index (χ2v) is 8.70. The van der Waals surface area contributed by atoms with Gasteiger partial charge in [0.1, 0.15) is 24.0 Å². The average Bonchev–Trinajstić information content (AvgIpc) is 2.74. The van der Waals surface area contributed by atoms with Crippen molar-refractivity contribution in [1.82, 2.24) is 5.32 Å². The third kappa shape index (κ3) is 7.21. The maximum absolute atomic E-state index is 13.0. The van der Waals surface area contributed by atoms with Crippen molar-refractivity contribution >= 4 is 29.3 Å². The van der Waals surface area contributed by atoms with Crippen LogP contribution >= 0.6 is 0 Å². The van der Waals surface area contributed by atoms with E-state index in [2.05, 4.69) is 10.6 Å². The Morgan fingerprint density at radius 1 is 1.12 bits per heavy atom. The molecule has 1 atom stereocenters. The molecule has 1 saturated heterocycles. The van der Waals surface area contributed by atoms with Gasteiger partial charge in [-0.1, -0.05) is 12.1 Å². The number of aromatic hydroxyl groups is 1. The fraction of sp³-hybridized carbons (Fsp3) is 0.375. The van der Waals surface area contributed by atoms with Gasteiger partial charge in [0.05, 0.1) is 6.61 Å². The Balaban J connectivity index is 1.70. The summed E-state index contributed by atoms with van der Waals surface area (Å²) in [7, 11) is 0. The molecule has 1 heterocycles. The lowest BCUT2D eigenvalue weighted by atomic mass is 10.0. The number of carbonyl (C=O) groups excluding carboxylic acids is 3. The number of alkyl carbamates (subject to hydrolysis) is 1. The smallest absolute Gasteiger partial charge is 0.408 e. The molecule has 0 unspecified atom stereocenters. The van der Waals surface area contributed by atoms with E-state index in [0.717, 1.165) is 5.56 Å². The first-order valence-corrected chi connectivity index (χ1v) is 10.7. The molecule has 1 fully saturated rings. The van der Waals surface area contributed by atoms with Gasteiger partial charge in [-0.2, -0.15) is 0 Å². The van der Waals surface area contributed by atoms with Gasteiger partial charge in [-0.15, -0.1) is 0 Å². The van der Waals surface area contributed by atoms with Crippen LogP contribution in [-0.2, 0) is 25.5 Å². The molecule has 3 N–H and O–H groups in total. The lowest BCUT2D eigenvalue weighted by Gasteiger charge is -2.27. The van der Waals surface area contributed by atoms with Crippen molar-refractivity contribution in [2.24, 2.45) is 0 Å². The summed E-state index contributed by atoms with van der Waals surface area (Å²) in [6.07, 6.45) is -0.506. The first-order chi connectivity index (χ1) is 15.6. The molecule has 176 valence electrons. The number of nitrogens with one attached hydrogen (secondary N) is 2. The molecule has 9 nitrogen and oxygen atoms in total. The zero-order valence-corrected chi connectivity index (χ0v) is 19.0. The Bertz CT molecular complexity index is 983. The predicted octanol–water partition coefficient (Wildman–Crippen LogP) is 2.83. The third-order valence-electron chi connectivity index (χ3n) is 4.82. The first-order valence-electron chi connectivity index (χ1n) is 10.7. The minimum atomic E-state index is -0.912. The summed E-state index contributed by atoms with van der Waals surface area (Å²) in [6, 6.07) is 12.4. The van der Waals surface area contributed by atoms with Crippen LogP contribution in [0, 0.1) is 0 Å². The highest BCUT2D eigenvalue weighted by atomic mass is 16.6. The molecule has 3 rings (SSSR count). The summed E-state index contributed by atoms with van der Waals surface area (Å²) in [4.78, 5) is 39.0. The number of carbonyl (C=O) groups is 3. The Labute approximate surface area is 192 Å². The minimum Gasteiger partial charge on any atom is -0.508 e. The maximum atomic E-state index is 13.0. The fourth-order valence-corrected chi connectivity index (χ4v) is 3.27. The van der Waals surface area contributed by atoms with Crippen molar-refractivity contribution in [3.05, 3.63) is 54.1 Å². The van der Waals surface area contributed by atoms with Gasteiger partial charge < -0.3 is 30.1 Å². The van der Waals surface area contributed by atoms with Gasteiger partial charge in [-0.25, -0.2) is 4.79 Å². The monoisotopic (exact) mass is 455 g/mol. The van der Waals surface area contributed by atoms with Crippen molar-refractivity contribution in [1.29, 1.82) is 0 Å². The molecule has 3 amide bonds. The summed E-state index contributed by atoms with van der Waals surface area (Å²) >= 11 is 0. The Kier molecular flexibility index (Phi) is 7.55. The summed E-state index contributed by atoms with van der Waals surface area (Å²) in [5, 5.41) is 14.9. The molecule has 0 spiro atoms. The molecule has 1 aliphatic rings. The van der Waals surface area contributed by atoms with E-state index in [1.807, 2.05) is 0 Å². The van der Waals surface area contributed by atoms with E-state index in [9.17, 15) is 19.5 Å². The van der Waals surface area contributed by atoms with E-state index in [-0.39, 0.29) is 24.7 Å². The Hall–Kier alpha value is -3.59. The number of morpholine rings is 1. The molecule has 0 radical (unpaired) electrons. The van der Waals surface area contributed by atoms with Crippen LogP contribution in [0.1, 0.15) is 26.3 Å². The van der Waals surface area contributed by atoms with E-state index in [1.54, 1.807) is 62.1 Å². The van der Waals surface area contributed by atoms with Gasteiger partial charge in [0.2, 0.25) is 5.91 Å². The van der Waals surface area contributed by atoms with Gasteiger partial charge in [-0.05, 0) is 62.7 Å². The van der Waals surface area contributed by atoms with Gasteiger partial charge in [-0.3, -0.25) is 9.59 Å². The predicted molar refractivity (Wildman–Crippen MR) is 123 cm³/mol. The highest BCUT2D eigenvalue weighted by molar-refractivity contribution is 5.98. The van der Waals surface area contributed by atoms with E-state index < -0.39 is 23.6 Å². The zero-order chi connectivity index (χ0) is 24.0. The van der Waals surface area contributed by atoms with E-state index in [1.165, 1.54) is 12.1 Å². The van der Waals surface area contributed by atoms with E-state index in [4.69, 9.17) is 9.47 Å². The SMILES string of the molecule is CC(C)(C)OC(=O)N[C@H](Cc1ccc(O)cc1)C(=O)Nc1ccc(N2CCOCC2=O)cc1. The second-order valence-electron chi connectivity index (χ2n) is 8.70. The molecule has 33 heavy (non-hydrogen) atoms. The largest absolute Gasteiger partial charge is 0.508 e. The lowest BCUT2D eigenvalue weighted by molar-refractivity contribution is -0.125. The van der Waals surface area contributed by atoms with Crippen molar-refractivity contribution in [2.45, 2.75) is 38.8 Å². The number of nitrogens with zero attached hydrogens (tertiary/aromatic N) is 1. The third-order valence-corrected chi connectivity index (χ3v) is 4.82. The first kappa shape index (κ1) is 24.1. The number of ether oxygens (including phenoxy) is 2. The topological polar surface area (TPSA) is 117 Å². The molecule has 2 aromatic carbocycles. The van der Waals surface area contributed by atoms with Gasteiger partial charge in [0.25, 0.3) is 5.91 Å². The van der Waals surface area contributed by atoms with Crippen LogP contribution in [0.3, 0.4) is 0 Å². The van der Waals surface area contributed by atoms with Crippen molar-refractivity contribution in [3.8, 4) is 5.75 Å². The van der Waals surface area contributed by atoms with Crippen molar-refractivity contribution in [3.63, 3.8) is 0 Å². The van der Waals surface area contributed by atoms with Crippen LogP contribution in [0.5, 0.6) is 5.75 Å². The molecule has 0 saturated carbocycles. The second kappa shape index (κ2) is 10.4. The molecule has 2 aromatic rings. The highest BCUT2D eigenvalue weighted by Gasteiger charge is 2.25. The van der Waals surface area contributed by atoms with Crippen LogP contribution in [0.15, 0.2) is 48.5 Å². The van der Waals surface area contributed by atoms with Gasteiger partial charge in [0.15, 0.2) is 0 Å². The number of benzene rings is 2. The van der Waals surface area contributed by atoms with Crippen LogP contribution in [0.2, 0.25) is 0 Å². The van der Waals surface area contributed by atoms with Gasteiger partial charge >= 0.3 is 6.09 Å². The van der Waals surface area contributed by atoms with Crippen molar-refractivity contribution < 1.29 is 29.0 Å². The van der Waals surface area contributed by atoms with Crippen LogP contribution in [0.4, 0.5) is 16.2 Å². The van der Waals surface area contributed by atoms with E-state index in [0.29, 0.717) is 24.5 Å². The standard InChI is InChI=1S/C24H29N3O6/c1-24(2,3)33-23(31)26-20(14-16-4-10-19(28)11-5-16)22(30)25-17-6-8-18(9-7-17)27-12-13-32-15-21(27)29/h4-11,20,28H,12-15H2,1-3H3,(H,25,30)(H,26,31)/t20-/m1/s1. The number of anilines is 2. The molecule has 0 aromatic heterocycles. The normalized spacial score (nSPS) is 15.0. The van der Waals surface area contributed by atoms with Gasteiger partial charge in [0, 0.05) is 24.3 Å². The number of amides is 3. The molecule has 0 aliphatic carbocycles. The van der Waals surface area contributed by atoms with E-state index >= 15 is 0 Å². The Morgan fingerprint density at radius 2 is 1.79 bits per heavy atom. The molecule has 0 bridgehead atoms. The van der Waals surface area contributed by atoms with Crippen LogP contribution in [0.25, 0.3) is 0 Å². The summed E-state index contributed by atoms with van der Waals surface area (Å²) in [5.74, 6) is -0.434. The minimum absolute atomic E-state index is 0.0494. The number of phenols is 1. The zero-order valence-electron chi connectivity index (χ0n) is 19.0. The summed E-state index contributed by atoms with van der Waals surface area (Å²) in [5.41, 5.74) is 1.28. The number of rotatable bonds is 6. The van der Waals surface area contributed by atoms with Crippen molar-refractivity contribution in [2.75, 3.05) is 30.0 Å². The highest BCUT2D eigenvalue weighted by Crippen LogP contribution is 2.20. The molecule has 9 heteroatoms. The van der Waals surface area contributed by atoms with Crippen LogP contribution < -0.4 is 15.5 Å².